The van der Waals surface area contributed by atoms with Crippen molar-refractivity contribution in [3.8, 4) is 0 Å². The highest BCUT2D eigenvalue weighted by Crippen LogP contribution is 2.31. The predicted molar refractivity (Wildman–Crippen MR) is 90.3 cm³/mol. The maximum absolute atomic E-state index is 12.8. The van der Waals surface area contributed by atoms with E-state index < -0.39 is 0 Å². The molecule has 5 heterocycles. The van der Waals surface area contributed by atoms with E-state index in [9.17, 15) is 4.79 Å². The number of carbonyl (C=O) groups excluding carboxylic acids is 1. The Labute approximate surface area is 145 Å². The van der Waals surface area contributed by atoms with Crippen molar-refractivity contribution in [2.24, 2.45) is 5.92 Å². The van der Waals surface area contributed by atoms with Crippen LogP contribution in [0.5, 0.6) is 0 Å². The Balaban J connectivity index is 1.48. The van der Waals surface area contributed by atoms with Gasteiger partial charge in [-0.3, -0.25) is 9.69 Å². The normalized spacial score (nSPS) is 24.5. The number of amides is 1. The van der Waals surface area contributed by atoms with Crippen LogP contribution in [-0.4, -0.2) is 45.0 Å². The molecule has 0 aromatic carbocycles. The number of hydrogen-bond donors (Lipinski definition) is 0. The molecule has 2 bridgehead atoms. The first-order valence-electron chi connectivity index (χ1n) is 8.57. The molecule has 3 aliphatic rings. The number of thiazole rings is 1. The van der Waals surface area contributed by atoms with Crippen LogP contribution in [0.4, 0.5) is 0 Å². The molecule has 2 atom stereocenters. The smallest absolute Gasteiger partial charge is 0.227 e. The average molecular weight is 346 g/mol. The van der Waals surface area contributed by atoms with Gasteiger partial charge in [-0.05, 0) is 19.3 Å². The van der Waals surface area contributed by atoms with E-state index in [1.165, 1.54) is 0 Å². The van der Waals surface area contributed by atoms with Gasteiger partial charge >= 0.3 is 0 Å². The Bertz CT molecular complexity index is 699. The summed E-state index contributed by atoms with van der Waals surface area (Å²) in [6.07, 6.45) is 2.95. The monoisotopic (exact) mass is 346 g/mol. The van der Waals surface area contributed by atoms with Crippen molar-refractivity contribution >= 4 is 17.2 Å². The second-order valence-electron chi connectivity index (χ2n) is 6.71. The number of nitrogens with zero attached hydrogens (tertiary/aromatic N) is 4. The first-order valence-corrected chi connectivity index (χ1v) is 9.51. The number of piperidine rings is 1. The lowest BCUT2D eigenvalue weighted by Gasteiger charge is -2.35. The quantitative estimate of drug-likeness (QED) is 0.831. The van der Waals surface area contributed by atoms with Crippen LogP contribution in [-0.2, 0) is 24.3 Å². The molecule has 3 aliphatic heterocycles. The molecule has 1 amide bonds. The predicted octanol–water partition coefficient (Wildman–Crippen LogP) is 2.32. The molecule has 2 aromatic heterocycles. The van der Waals surface area contributed by atoms with E-state index >= 15 is 0 Å². The molecule has 5 rings (SSSR count). The Morgan fingerprint density at radius 2 is 2.21 bits per heavy atom. The molecule has 0 N–H and O–H groups in total. The van der Waals surface area contributed by atoms with E-state index in [0.29, 0.717) is 6.54 Å². The summed E-state index contributed by atoms with van der Waals surface area (Å²) < 4.78 is 5.43. The minimum atomic E-state index is 0.0935. The van der Waals surface area contributed by atoms with Gasteiger partial charge in [-0.1, -0.05) is 12.1 Å². The molecule has 0 aliphatic carbocycles. The number of aromatic nitrogens is 2. The fourth-order valence-corrected chi connectivity index (χ4v) is 4.32. The zero-order chi connectivity index (χ0) is 16.5. The third-order valence-corrected chi connectivity index (χ3v) is 5.67. The largest absolute Gasteiger partial charge is 0.360 e. The molecule has 3 saturated heterocycles. The number of fused-ring (bicyclic) bond motifs is 4. The van der Waals surface area contributed by atoms with Gasteiger partial charge in [0, 0.05) is 30.6 Å². The van der Waals surface area contributed by atoms with Crippen molar-refractivity contribution in [2.75, 3.05) is 13.1 Å². The molecule has 0 saturated carbocycles. The van der Waals surface area contributed by atoms with Crippen molar-refractivity contribution in [1.82, 2.24) is 19.9 Å². The van der Waals surface area contributed by atoms with Crippen molar-refractivity contribution < 1.29 is 9.32 Å². The second-order valence-corrected chi connectivity index (χ2v) is 7.42. The lowest BCUT2D eigenvalue weighted by Crippen LogP contribution is -2.47. The Hall–Kier alpha value is -1.73. The molecular weight excluding hydrogens is 324 g/mol. The molecule has 0 radical (unpaired) electrons. The molecule has 24 heavy (non-hydrogen) atoms. The van der Waals surface area contributed by atoms with Gasteiger partial charge in [-0.2, -0.15) is 0 Å². The van der Waals surface area contributed by atoms with E-state index in [1.54, 1.807) is 11.3 Å². The van der Waals surface area contributed by atoms with Gasteiger partial charge in [0.2, 0.25) is 5.91 Å². The molecule has 128 valence electrons. The highest BCUT2D eigenvalue weighted by Gasteiger charge is 2.40. The maximum atomic E-state index is 12.8. The van der Waals surface area contributed by atoms with E-state index in [4.69, 9.17) is 4.52 Å². The number of carbonyl (C=O) groups is 1. The van der Waals surface area contributed by atoms with Crippen molar-refractivity contribution in [3.05, 3.63) is 34.1 Å². The third-order valence-electron chi connectivity index (χ3n) is 5.03. The summed E-state index contributed by atoms with van der Waals surface area (Å²) in [4.78, 5) is 21.6. The van der Waals surface area contributed by atoms with Crippen LogP contribution < -0.4 is 0 Å². The van der Waals surface area contributed by atoms with Gasteiger partial charge in [-0.25, -0.2) is 4.98 Å². The lowest BCUT2D eigenvalue weighted by molar-refractivity contribution is -0.140. The van der Waals surface area contributed by atoms with Crippen LogP contribution in [0.25, 0.3) is 0 Å². The zero-order valence-corrected chi connectivity index (χ0v) is 14.7. The van der Waals surface area contributed by atoms with Crippen LogP contribution in [0.3, 0.4) is 0 Å². The van der Waals surface area contributed by atoms with E-state index in [2.05, 4.69) is 22.0 Å². The van der Waals surface area contributed by atoms with Crippen LogP contribution >= 0.6 is 11.3 Å². The van der Waals surface area contributed by atoms with Crippen LogP contribution in [0.2, 0.25) is 0 Å². The molecule has 2 aromatic rings. The fraction of sp³-hybridized carbons (Fsp3) is 0.588. The minimum Gasteiger partial charge on any atom is -0.360 e. The third kappa shape index (κ3) is 3.10. The summed E-state index contributed by atoms with van der Waals surface area (Å²) in [6, 6.07) is 2.30. The van der Waals surface area contributed by atoms with E-state index in [0.717, 1.165) is 56.0 Å². The minimum absolute atomic E-state index is 0.0935. The van der Waals surface area contributed by atoms with Crippen LogP contribution in [0.1, 0.15) is 36.9 Å². The first-order chi connectivity index (χ1) is 11.7. The van der Waals surface area contributed by atoms with E-state index in [1.807, 2.05) is 21.9 Å². The first kappa shape index (κ1) is 15.8. The van der Waals surface area contributed by atoms with Crippen molar-refractivity contribution in [1.29, 1.82) is 0 Å². The summed E-state index contributed by atoms with van der Waals surface area (Å²) >= 11 is 1.58. The van der Waals surface area contributed by atoms with Crippen LogP contribution in [0.15, 0.2) is 21.5 Å². The zero-order valence-electron chi connectivity index (χ0n) is 13.9. The highest BCUT2D eigenvalue weighted by molar-refractivity contribution is 7.07. The van der Waals surface area contributed by atoms with E-state index in [-0.39, 0.29) is 17.9 Å². The van der Waals surface area contributed by atoms with Gasteiger partial charge in [0.05, 0.1) is 35.9 Å². The highest BCUT2D eigenvalue weighted by atomic mass is 32.1. The topological polar surface area (TPSA) is 62.5 Å². The summed E-state index contributed by atoms with van der Waals surface area (Å²) in [7, 11) is 0. The summed E-state index contributed by atoms with van der Waals surface area (Å²) in [6.45, 7) is 5.15. The molecule has 0 spiro atoms. The van der Waals surface area contributed by atoms with Gasteiger partial charge in [0.15, 0.2) is 5.76 Å². The van der Waals surface area contributed by atoms with Crippen LogP contribution in [0, 0.1) is 5.92 Å². The molecule has 3 fully saturated rings. The summed E-state index contributed by atoms with van der Waals surface area (Å²) in [5, 5.41) is 6.10. The average Bonchev–Trinajstić information content (AvgIpc) is 3.18. The Morgan fingerprint density at radius 3 is 2.96 bits per heavy atom. The maximum Gasteiger partial charge on any atom is 0.227 e. The lowest BCUT2D eigenvalue weighted by atomic mass is 9.94. The standard InChI is InChI=1S/C17H22N4O2S/c1-2-13-5-16(23-19-13)9-20-6-12-3-4-15(8-20)21(17(12)22)7-14-10-24-11-18-14/h5,10-12,15H,2-4,6-9H2,1H3/t12-,15+/m0/s1. The Morgan fingerprint density at radius 1 is 1.29 bits per heavy atom. The second kappa shape index (κ2) is 6.64. The summed E-state index contributed by atoms with van der Waals surface area (Å²) in [5.41, 5.74) is 3.82. The number of aryl methyl sites for hydroxylation is 1. The fourth-order valence-electron chi connectivity index (χ4n) is 3.77. The SMILES string of the molecule is CCc1cc(CN2C[C@@H]3CC[C@H](C2)N(Cc2cscn2)C3=O)on1. The van der Waals surface area contributed by atoms with Crippen molar-refractivity contribution in [3.63, 3.8) is 0 Å². The Kier molecular flexibility index (Phi) is 4.37. The van der Waals surface area contributed by atoms with Gasteiger partial charge in [0.1, 0.15) is 0 Å². The van der Waals surface area contributed by atoms with Gasteiger partial charge < -0.3 is 9.42 Å². The molecule has 6 nitrogen and oxygen atoms in total. The van der Waals surface area contributed by atoms with Crippen molar-refractivity contribution in [2.45, 2.75) is 45.3 Å². The number of hydrogen-bond acceptors (Lipinski definition) is 6. The number of rotatable bonds is 5. The molecule has 0 unspecified atom stereocenters. The van der Waals surface area contributed by atoms with Gasteiger partial charge in [-0.15, -0.1) is 11.3 Å². The molecule has 7 heteroatoms. The van der Waals surface area contributed by atoms with Gasteiger partial charge in [0.25, 0.3) is 0 Å². The molecular formula is C17H22N4O2S. The summed E-state index contributed by atoms with van der Waals surface area (Å²) in [5.74, 6) is 1.27.